The third-order valence-electron chi connectivity index (χ3n) is 2.20. The van der Waals surface area contributed by atoms with E-state index in [1.807, 2.05) is 0 Å². The molecule has 0 bridgehead atoms. The molecule has 0 aliphatic heterocycles. The maximum Gasteiger partial charge on any atom is 0.165 e. The summed E-state index contributed by atoms with van der Waals surface area (Å²) in [5, 5.41) is 9.68. The first-order chi connectivity index (χ1) is 7.19. The highest BCUT2D eigenvalue weighted by Crippen LogP contribution is 2.24. The van der Waals surface area contributed by atoms with Crippen LogP contribution >= 0.6 is 0 Å². The summed E-state index contributed by atoms with van der Waals surface area (Å²) >= 11 is 0. The largest absolute Gasteiger partial charge is 0.494 e. The van der Waals surface area contributed by atoms with E-state index in [0.29, 0.717) is 18.4 Å². The fourth-order valence-corrected chi connectivity index (χ4v) is 1.33. The second kappa shape index (κ2) is 5.51. The van der Waals surface area contributed by atoms with Crippen molar-refractivity contribution in [2.24, 2.45) is 0 Å². The summed E-state index contributed by atoms with van der Waals surface area (Å²) in [5.41, 5.74) is 0.565. The van der Waals surface area contributed by atoms with Crippen molar-refractivity contribution in [2.45, 2.75) is 18.9 Å². The van der Waals surface area contributed by atoms with Crippen LogP contribution in [0.3, 0.4) is 0 Å². The van der Waals surface area contributed by atoms with Crippen LogP contribution in [-0.2, 0) is 0 Å². The van der Waals surface area contributed by atoms with E-state index in [-0.39, 0.29) is 5.75 Å². The van der Waals surface area contributed by atoms with Gasteiger partial charge < -0.3 is 9.84 Å². The predicted octanol–water partition coefficient (Wildman–Crippen LogP) is 2.83. The minimum atomic E-state index is -0.650. The minimum absolute atomic E-state index is 0.190. The average Bonchev–Trinajstić information content (AvgIpc) is 2.25. The lowest BCUT2D eigenvalue weighted by molar-refractivity contribution is 0.168. The van der Waals surface area contributed by atoms with Crippen molar-refractivity contribution >= 4 is 0 Å². The van der Waals surface area contributed by atoms with Crippen LogP contribution < -0.4 is 4.74 Å². The molecule has 3 heteroatoms. The zero-order valence-electron chi connectivity index (χ0n) is 8.74. The van der Waals surface area contributed by atoms with E-state index in [0.717, 1.165) is 0 Å². The molecule has 0 amide bonds. The first-order valence-electron chi connectivity index (χ1n) is 4.81. The Hall–Kier alpha value is -1.35. The van der Waals surface area contributed by atoms with Crippen molar-refractivity contribution < 1.29 is 14.2 Å². The van der Waals surface area contributed by atoms with E-state index >= 15 is 0 Å². The minimum Gasteiger partial charge on any atom is -0.494 e. The molecular formula is C12H15FO2. The van der Waals surface area contributed by atoms with E-state index in [9.17, 15) is 9.50 Å². The van der Waals surface area contributed by atoms with E-state index in [1.165, 1.54) is 19.2 Å². The van der Waals surface area contributed by atoms with Crippen molar-refractivity contribution in [1.82, 2.24) is 0 Å². The fourth-order valence-electron chi connectivity index (χ4n) is 1.33. The summed E-state index contributed by atoms with van der Waals surface area (Å²) in [6.45, 7) is 3.57. The lowest BCUT2D eigenvalue weighted by Crippen LogP contribution is -1.98. The molecule has 1 rings (SSSR count). The van der Waals surface area contributed by atoms with Crippen LogP contribution in [0.2, 0.25) is 0 Å². The van der Waals surface area contributed by atoms with Gasteiger partial charge in [0.05, 0.1) is 13.2 Å². The van der Waals surface area contributed by atoms with Gasteiger partial charge in [-0.3, -0.25) is 0 Å². The Bertz CT molecular complexity index is 336. The number of ether oxygens (including phenoxy) is 1. The van der Waals surface area contributed by atoms with E-state index in [1.54, 1.807) is 12.1 Å². The number of methoxy groups -OCH3 is 1. The van der Waals surface area contributed by atoms with E-state index < -0.39 is 11.9 Å². The highest BCUT2D eigenvalue weighted by atomic mass is 19.1. The molecular weight excluding hydrogens is 195 g/mol. The van der Waals surface area contributed by atoms with Crippen molar-refractivity contribution in [2.75, 3.05) is 7.11 Å². The normalized spacial score (nSPS) is 12.2. The summed E-state index contributed by atoms with van der Waals surface area (Å²) in [4.78, 5) is 0. The van der Waals surface area contributed by atoms with E-state index in [2.05, 4.69) is 6.58 Å². The number of benzene rings is 1. The van der Waals surface area contributed by atoms with Gasteiger partial charge in [-0.15, -0.1) is 6.58 Å². The Labute approximate surface area is 89.0 Å². The third kappa shape index (κ3) is 3.06. The van der Waals surface area contributed by atoms with Crippen LogP contribution in [-0.4, -0.2) is 12.2 Å². The van der Waals surface area contributed by atoms with Gasteiger partial charge >= 0.3 is 0 Å². The molecule has 1 unspecified atom stereocenters. The topological polar surface area (TPSA) is 29.5 Å². The lowest BCUT2D eigenvalue weighted by Gasteiger charge is -2.10. The van der Waals surface area contributed by atoms with Crippen molar-refractivity contribution in [1.29, 1.82) is 0 Å². The second-order valence-electron chi connectivity index (χ2n) is 3.28. The molecule has 1 aromatic rings. The molecule has 2 nitrogen and oxygen atoms in total. The van der Waals surface area contributed by atoms with Gasteiger partial charge in [-0.1, -0.05) is 12.1 Å². The smallest absolute Gasteiger partial charge is 0.165 e. The summed E-state index contributed by atoms with van der Waals surface area (Å²) in [5.74, 6) is -0.262. The van der Waals surface area contributed by atoms with Gasteiger partial charge in [0.1, 0.15) is 0 Å². The first kappa shape index (κ1) is 11.7. The van der Waals surface area contributed by atoms with Gasteiger partial charge in [-0.05, 0) is 30.5 Å². The van der Waals surface area contributed by atoms with Gasteiger partial charge in [0.25, 0.3) is 0 Å². The summed E-state index contributed by atoms with van der Waals surface area (Å²) in [6, 6.07) is 4.48. The van der Waals surface area contributed by atoms with Gasteiger partial charge in [-0.25, -0.2) is 4.39 Å². The molecule has 0 aliphatic carbocycles. The molecule has 0 aliphatic rings. The SMILES string of the molecule is C=CCCC(O)c1ccc(OC)c(F)c1. The van der Waals surface area contributed by atoms with Crippen LogP contribution in [0, 0.1) is 5.82 Å². The van der Waals surface area contributed by atoms with Crippen LogP contribution in [0.4, 0.5) is 4.39 Å². The number of aliphatic hydroxyl groups is 1. The zero-order valence-corrected chi connectivity index (χ0v) is 8.74. The van der Waals surface area contributed by atoms with Crippen LogP contribution in [0.25, 0.3) is 0 Å². The predicted molar refractivity (Wildman–Crippen MR) is 57.3 cm³/mol. The third-order valence-corrected chi connectivity index (χ3v) is 2.20. The van der Waals surface area contributed by atoms with Gasteiger partial charge in [0.15, 0.2) is 11.6 Å². The molecule has 15 heavy (non-hydrogen) atoms. The Morgan fingerprint density at radius 2 is 2.33 bits per heavy atom. The van der Waals surface area contributed by atoms with Crippen LogP contribution in [0.15, 0.2) is 30.9 Å². The fraction of sp³-hybridized carbons (Fsp3) is 0.333. The number of rotatable bonds is 5. The molecule has 82 valence electrons. The number of allylic oxidation sites excluding steroid dienone is 1. The van der Waals surface area contributed by atoms with Gasteiger partial charge in [-0.2, -0.15) is 0 Å². The van der Waals surface area contributed by atoms with Gasteiger partial charge in [0, 0.05) is 0 Å². The van der Waals surface area contributed by atoms with E-state index in [4.69, 9.17) is 4.74 Å². The Balaban J connectivity index is 2.77. The first-order valence-corrected chi connectivity index (χ1v) is 4.81. The standard InChI is InChI=1S/C12H15FO2/c1-3-4-5-11(14)9-6-7-12(15-2)10(13)8-9/h3,6-8,11,14H,1,4-5H2,2H3. The quantitative estimate of drug-likeness (QED) is 0.757. The summed E-state index contributed by atoms with van der Waals surface area (Å²) < 4.78 is 18.1. The number of hydrogen-bond donors (Lipinski definition) is 1. The highest BCUT2D eigenvalue weighted by molar-refractivity contribution is 5.30. The molecule has 0 spiro atoms. The van der Waals surface area contributed by atoms with Crippen LogP contribution in [0.5, 0.6) is 5.75 Å². The zero-order chi connectivity index (χ0) is 11.3. The summed E-state index contributed by atoms with van der Waals surface area (Å²) in [6.07, 6.45) is 2.33. The number of hydrogen-bond acceptors (Lipinski definition) is 2. The molecule has 0 fully saturated rings. The Morgan fingerprint density at radius 3 is 2.87 bits per heavy atom. The van der Waals surface area contributed by atoms with Crippen molar-refractivity contribution in [3.05, 3.63) is 42.2 Å². The Kier molecular flexibility index (Phi) is 4.31. The monoisotopic (exact) mass is 210 g/mol. The molecule has 0 radical (unpaired) electrons. The highest BCUT2D eigenvalue weighted by Gasteiger charge is 2.10. The maximum absolute atomic E-state index is 13.3. The molecule has 1 atom stereocenters. The lowest BCUT2D eigenvalue weighted by atomic mass is 10.0. The average molecular weight is 210 g/mol. The molecule has 1 N–H and O–H groups in total. The maximum atomic E-state index is 13.3. The molecule has 0 saturated carbocycles. The second-order valence-corrected chi connectivity index (χ2v) is 3.28. The number of aliphatic hydroxyl groups excluding tert-OH is 1. The molecule has 0 heterocycles. The summed E-state index contributed by atoms with van der Waals surface area (Å²) in [7, 11) is 1.41. The Morgan fingerprint density at radius 1 is 1.60 bits per heavy atom. The van der Waals surface area contributed by atoms with Crippen molar-refractivity contribution in [3.8, 4) is 5.75 Å². The molecule has 1 aromatic carbocycles. The molecule has 0 saturated heterocycles. The molecule has 0 aromatic heterocycles. The number of halogens is 1. The van der Waals surface area contributed by atoms with Crippen LogP contribution in [0.1, 0.15) is 24.5 Å². The van der Waals surface area contributed by atoms with Gasteiger partial charge in [0.2, 0.25) is 0 Å². The van der Waals surface area contributed by atoms with Crippen molar-refractivity contribution in [3.63, 3.8) is 0 Å².